The number of para-hydroxylation sites is 1. The molecule has 1 heterocycles. The van der Waals surface area contributed by atoms with Gasteiger partial charge in [0.05, 0.1) is 17.9 Å². The molecule has 7 nitrogen and oxygen atoms in total. The first-order valence-electron chi connectivity index (χ1n) is 7.70. The van der Waals surface area contributed by atoms with Crippen LogP contribution in [0, 0.1) is 5.82 Å². The Kier molecular flexibility index (Phi) is 6.77. The van der Waals surface area contributed by atoms with E-state index in [1.807, 2.05) is 11.5 Å². The number of nitrogens with zero attached hydrogens (tertiary/aromatic N) is 3. The molecule has 1 aromatic heterocycles. The number of carbonyl (C=O) groups excluding carboxylic acids is 1. The molecule has 0 saturated carbocycles. The van der Waals surface area contributed by atoms with Crippen LogP contribution < -0.4 is 10.5 Å². The summed E-state index contributed by atoms with van der Waals surface area (Å²) in [5.74, 6) is -0.248. The number of nitrogens with two attached hydrogens (primary N) is 1. The fourth-order valence-electron chi connectivity index (χ4n) is 2.16. The second-order valence-corrected chi connectivity index (χ2v) is 6.76. The van der Waals surface area contributed by atoms with Gasteiger partial charge in [0.25, 0.3) is 0 Å². The van der Waals surface area contributed by atoms with Gasteiger partial charge in [-0.15, -0.1) is 10.2 Å². The maximum Gasteiger partial charge on any atom is 0.230 e. The van der Waals surface area contributed by atoms with Gasteiger partial charge >= 0.3 is 0 Å². The Morgan fingerprint density at radius 1 is 1.36 bits per heavy atom. The van der Waals surface area contributed by atoms with Crippen molar-refractivity contribution in [2.24, 2.45) is 5.73 Å². The van der Waals surface area contributed by atoms with E-state index in [1.54, 1.807) is 32.2 Å². The highest BCUT2D eigenvalue weighted by molar-refractivity contribution is 8.00. The molecule has 0 saturated heterocycles. The quantitative estimate of drug-likeness (QED) is 0.682. The minimum Gasteiger partial charge on any atom is -0.483 e. The number of amides is 1. The van der Waals surface area contributed by atoms with Gasteiger partial charge in [0.15, 0.2) is 22.5 Å². The fraction of sp³-hybridized carbons (Fsp3) is 0.438. The third-order valence-electron chi connectivity index (χ3n) is 3.46. The first-order chi connectivity index (χ1) is 11.9. The lowest BCUT2D eigenvalue weighted by atomic mass is 10.3. The van der Waals surface area contributed by atoms with Gasteiger partial charge in [-0.2, -0.15) is 0 Å². The van der Waals surface area contributed by atoms with Crippen LogP contribution in [-0.4, -0.2) is 39.6 Å². The van der Waals surface area contributed by atoms with Crippen molar-refractivity contribution in [1.29, 1.82) is 0 Å². The highest BCUT2D eigenvalue weighted by Gasteiger charge is 2.22. The molecule has 0 aliphatic rings. The van der Waals surface area contributed by atoms with Gasteiger partial charge in [-0.05, 0) is 26.0 Å². The van der Waals surface area contributed by atoms with E-state index < -0.39 is 17.0 Å². The van der Waals surface area contributed by atoms with Crippen molar-refractivity contribution in [3.63, 3.8) is 0 Å². The van der Waals surface area contributed by atoms with E-state index in [0.29, 0.717) is 17.6 Å². The molecule has 9 heteroatoms. The molecule has 2 N–H and O–H groups in total. The van der Waals surface area contributed by atoms with Gasteiger partial charge in [-0.1, -0.05) is 23.9 Å². The van der Waals surface area contributed by atoms with Crippen molar-refractivity contribution in [3.8, 4) is 5.75 Å². The van der Waals surface area contributed by atoms with Crippen LogP contribution in [0.25, 0.3) is 0 Å². The summed E-state index contributed by atoms with van der Waals surface area (Å²) in [6.07, 6.45) is 0. The first kappa shape index (κ1) is 19.2. The molecule has 1 aromatic carbocycles. The number of primary amides is 1. The van der Waals surface area contributed by atoms with E-state index >= 15 is 0 Å². The Hall–Kier alpha value is -2.13. The van der Waals surface area contributed by atoms with Gasteiger partial charge in [-0.3, -0.25) is 9.36 Å². The summed E-state index contributed by atoms with van der Waals surface area (Å²) in [7, 11) is 1.59. The zero-order valence-electron chi connectivity index (χ0n) is 14.3. The fourth-order valence-corrected chi connectivity index (χ4v) is 3.08. The van der Waals surface area contributed by atoms with Crippen molar-refractivity contribution >= 4 is 17.7 Å². The summed E-state index contributed by atoms with van der Waals surface area (Å²) in [5.41, 5.74) is 5.32. The van der Waals surface area contributed by atoms with Crippen molar-refractivity contribution in [2.75, 3.05) is 13.7 Å². The summed E-state index contributed by atoms with van der Waals surface area (Å²) in [6, 6.07) is 6.04. The summed E-state index contributed by atoms with van der Waals surface area (Å²) in [6.45, 7) is 4.08. The molecule has 0 aliphatic heterocycles. The van der Waals surface area contributed by atoms with E-state index in [9.17, 15) is 9.18 Å². The lowest BCUT2D eigenvalue weighted by Crippen LogP contribution is -2.24. The average molecular weight is 368 g/mol. The number of aromatic nitrogens is 3. The van der Waals surface area contributed by atoms with Crippen LogP contribution in [0.3, 0.4) is 0 Å². The Morgan fingerprint density at radius 3 is 2.72 bits per heavy atom. The second-order valence-electron chi connectivity index (χ2n) is 5.45. The number of ether oxygens (including phenoxy) is 2. The zero-order valence-corrected chi connectivity index (χ0v) is 15.1. The summed E-state index contributed by atoms with van der Waals surface area (Å²) in [5, 5.41) is 8.30. The van der Waals surface area contributed by atoms with Crippen LogP contribution >= 0.6 is 11.8 Å². The molecular weight excluding hydrogens is 347 g/mol. The number of benzene rings is 1. The van der Waals surface area contributed by atoms with E-state index in [-0.39, 0.29) is 18.4 Å². The normalized spacial score (nSPS) is 13.4. The Labute approximate surface area is 149 Å². The van der Waals surface area contributed by atoms with Gasteiger partial charge in [0, 0.05) is 7.11 Å². The highest BCUT2D eigenvalue weighted by Crippen LogP contribution is 2.26. The smallest absolute Gasteiger partial charge is 0.230 e. The van der Waals surface area contributed by atoms with Crippen molar-refractivity contribution in [2.45, 2.75) is 36.9 Å². The van der Waals surface area contributed by atoms with E-state index in [0.717, 1.165) is 0 Å². The standard InChI is InChI=1S/C16H21FN4O3S/c1-10(8-23-3)21-14(9-24-13-7-5-4-6-12(13)17)19-20-16(21)25-11(2)15(18)22/h4-7,10-11H,8-9H2,1-3H3,(H2,18,22)/t10-,11+/m1/s1. The van der Waals surface area contributed by atoms with Crippen LogP contribution in [-0.2, 0) is 16.1 Å². The Bertz CT molecular complexity index is 725. The first-order valence-corrected chi connectivity index (χ1v) is 8.58. The third-order valence-corrected chi connectivity index (χ3v) is 4.54. The topological polar surface area (TPSA) is 92.3 Å². The monoisotopic (exact) mass is 368 g/mol. The van der Waals surface area contributed by atoms with Crippen LogP contribution in [0.1, 0.15) is 25.7 Å². The molecule has 2 aromatic rings. The van der Waals surface area contributed by atoms with Gasteiger partial charge in [-0.25, -0.2) is 4.39 Å². The predicted molar refractivity (Wildman–Crippen MR) is 91.9 cm³/mol. The SMILES string of the molecule is COC[C@@H](C)n1c(COc2ccccc2F)nnc1S[C@@H](C)C(N)=O. The summed E-state index contributed by atoms with van der Waals surface area (Å²) >= 11 is 1.21. The average Bonchev–Trinajstić information content (AvgIpc) is 2.97. The number of hydrogen-bond acceptors (Lipinski definition) is 6. The molecule has 0 spiro atoms. The number of hydrogen-bond donors (Lipinski definition) is 1. The van der Waals surface area contributed by atoms with E-state index in [4.69, 9.17) is 15.2 Å². The molecule has 0 radical (unpaired) electrons. The molecule has 1 amide bonds. The van der Waals surface area contributed by atoms with E-state index in [2.05, 4.69) is 10.2 Å². The molecule has 2 atom stereocenters. The van der Waals surface area contributed by atoms with Crippen LogP contribution in [0.5, 0.6) is 5.75 Å². The van der Waals surface area contributed by atoms with Gasteiger partial charge in [0.2, 0.25) is 5.91 Å². The van der Waals surface area contributed by atoms with Crippen LogP contribution in [0.2, 0.25) is 0 Å². The largest absolute Gasteiger partial charge is 0.483 e. The third kappa shape index (κ3) is 4.93. The highest BCUT2D eigenvalue weighted by atomic mass is 32.2. The second kappa shape index (κ2) is 8.82. The Balaban J connectivity index is 2.23. The molecule has 2 rings (SSSR count). The predicted octanol–water partition coefficient (Wildman–Crippen LogP) is 2.17. The maximum atomic E-state index is 13.7. The van der Waals surface area contributed by atoms with Crippen molar-refractivity contribution in [3.05, 3.63) is 35.9 Å². The zero-order chi connectivity index (χ0) is 18.4. The van der Waals surface area contributed by atoms with Gasteiger partial charge in [0.1, 0.15) is 6.61 Å². The van der Waals surface area contributed by atoms with Crippen molar-refractivity contribution < 1.29 is 18.7 Å². The molecule has 0 unspecified atom stereocenters. The maximum absolute atomic E-state index is 13.7. The van der Waals surface area contributed by atoms with Crippen LogP contribution in [0.15, 0.2) is 29.4 Å². The summed E-state index contributed by atoms with van der Waals surface area (Å²) < 4.78 is 26.2. The molecule has 0 fully saturated rings. The molecule has 136 valence electrons. The molecular formula is C16H21FN4O3S. The number of carbonyl (C=O) groups is 1. The summed E-state index contributed by atoms with van der Waals surface area (Å²) in [4.78, 5) is 11.3. The number of thioether (sulfide) groups is 1. The molecule has 0 bridgehead atoms. The lowest BCUT2D eigenvalue weighted by molar-refractivity contribution is -0.117. The molecule has 0 aliphatic carbocycles. The Morgan fingerprint density at radius 2 is 2.08 bits per heavy atom. The number of rotatable bonds is 9. The van der Waals surface area contributed by atoms with Crippen molar-refractivity contribution in [1.82, 2.24) is 14.8 Å². The van der Waals surface area contributed by atoms with Gasteiger partial charge < -0.3 is 15.2 Å². The lowest BCUT2D eigenvalue weighted by Gasteiger charge is -2.18. The minimum absolute atomic E-state index is 0.0352. The van der Waals surface area contributed by atoms with Crippen LogP contribution in [0.4, 0.5) is 4.39 Å². The minimum atomic E-state index is -0.460. The number of methoxy groups -OCH3 is 1. The number of halogens is 1. The van der Waals surface area contributed by atoms with E-state index in [1.165, 1.54) is 17.8 Å². The molecule has 25 heavy (non-hydrogen) atoms.